The summed E-state index contributed by atoms with van der Waals surface area (Å²) in [6, 6.07) is 19.6. The molecule has 0 saturated carbocycles. The van der Waals surface area contributed by atoms with Crippen molar-refractivity contribution in [3.8, 4) is 28.3 Å². The number of nitrogens with two attached hydrogens (primary N) is 1. The summed E-state index contributed by atoms with van der Waals surface area (Å²) in [5.41, 5.74) is 8.13. The van der Waals surface area contributed by atoms with Crippen LogP contribution in [0.5, 0.6) is 5.75 Å². The van der Waals surface area contributed by atoms with Gasteiger partial charge in [-0.25, -0.2) is 9.97 Å². The van der Waals surface area contributed by atoms with Crippen LogP contribution in [-0.2, 0) is 6.54 Å². The van der Waals surface area contributed by atoms with Gasteiger partial charge in [-0.2, -0.15) is 0 Å². The van der Waals surface area contributed by atoms with Crippen LogP contribution in [0.4, 0.5) is 19.1 Å². The number of ether oxygens (including phenoxy) is 1. The van der Waals surface area contributed by atoms with Gasteiger partial charge in [0.15, 0.2) is 0 Å². The van der Waals surface area contributed by atoms with Crippen LogP contribution in [-0.4, -0.2) is 20.9 Å². The third kappa shape index (κ3) is 5.12. The van der Waals surface area contributed by atoms with Crippen LogP contribution in [0.3, 0.4) is 0 Å². The number of halogens is 3. The number of hydrogen-bond acceptors (Lipinski definition) is 5. The van der Waals surface area contributed by atoms with E-state index in [0.29, 0.717) is 29.1 Å². The molecule has 2 aromatic heterocycles. The number of rotatable bonds is 5. The van der Waals surface area contributed by atoms with Crippen molar-refractivity contribution in [3.05, 3.63) is 94.9 Å². The van der Waals surface area contributed by atoms with Crippen LogP contribution < -0.4 is 16.0 Å². The summed E-state index contributed by atoms with van der Waals surface area (Å²) >= 11 is 0. The first-order chi connectivity index (χ1) is 15.3. The van der Waals surface area contributed by atoms with Crippen LogP contribution >= 0.6 is 0 Å². The first-order valence-electron chi connectivity index (χ1n) is 9.52. The van der Waals surface area contributed by atoms with Crippen molar-refractivity contribution in [2.24, 2.45) is 0 Å². The molecule has 4 rings (SSSR count). The fourth-order valence-corrected chi connectivity index (χ4v) is 3.19. The molecule has 0 spiro atoms. The molecular formula is C23H17F3N4O2. The van der Waals surface area contributed by atoms with E-state index in [9.17, 15) is 18.0 Å². The normalized spacial score (nSPS) is 11.3. The lowest BCUT2D eigenvalue weighted by molar-refractivity contribution is -0.274. The highest BCUT2D eigenvalue weighted by atomic mass is 19.4. The van der Waals surface area contributed by atoms with E-state index >= 15 is 0 Å². The molecule has 6 nitrogen and oxygen atoms in total. The fourth-order valence-electron chi connectivity index (χ4n) is 3.19. The van der Waals surface area contributed by atoms with E-state index in [1.807, 2.05) is 30.3 Å². The number of hydrogen-bond donors (Lipinski definition) is 1. The summed E-state index contributed by atoms with van der Waals surface area (Å²) in [6.45, 7) is 0.420. The molecule has 0 bridgehead atoms. The van der Waals surface area contributed by atoms with Gasteiger partial charge in [-0.1, -0.05) is 42.5 Å². The summed E-state index contributed by atoms with van der Waals surface area (Å²) < 4.78 is 43.1. The number of alkyl halides is 3. The third-order valence-electron chi connectivity index (χ3n) is 4.59. The molecule has 162 valence electrons. The maximum Gasteiger partial charge on any atom is 0.573 e. The highest BCUT2D eigenvalue weighted by Crippen LogP contribution is 2.29. The van der Waals surface area contributed by atoms with E-state index < -0.39 is 6.36 Å². The Morgan fingerprint density at radius 3 is 2.22 bits per heavy atom. The number of anilines is 1. The monoisotopic (exact) mass is 438 g/mol. The molecule has 0 aliphatic rings. The van der Waals surface area contributed by atoms with Gasteiger partial charge in [0.25, 0.3) is 5.56 Å². The molecule has 2 heterocycles. The van der Waals surface area contributed by atoms with Crippen molar-refractivity contribution in [1.29, 1.82) is 0 Å². The lowest BCUT2D eigenvalue weighted by atomic mass is 10.1. The third-order valence-corrected chi connectivity index (χ3v) is 4.59. The topological polar surface area (TPSA) is 83.0 Å². The van der Waals surface area contributed by atoms with Crippen molar-refractivity contribution < 1.29 is 17.9 Å². The molecule has 4 aromatic rings. The van der Waals surface area contributed by atoms with Crippen molar-refractivity contribution >= 4 is 5.95 Å². The Morgan fingerprint density at radius 1 is 0.875 bits per heavy atom. The minimum absolute atomic E-state index is 0.0758. The number of nitrogen functional groups attached to an aromatic ring is 1. The van der Waals surface area contributed by atoms with Crippen LogP contribution in [0.2, 0.25) is 0 Å². The number of aromatic nitrogens is 3. The Morgan fingerprint density at radius 2 is 1.56 bits per heavy atom. The Kier molecular flexibility index (Phi) is 5.63. The van der Waals surface area contributed by atoms with E-state index in [1.165, 1.54) is 24.3 Å². The zero-order chi connectivity index (χ0) is 22.7. The molecule has 0 amide bonds. The van der Waals surface area contributed by atoms with E-state index in [2.05, 4.69) is 14.7 Å². The molecule has 0 aliphatic heterocycles. The van der Waals surface area contributed by atoms with E-state index in [0.717, 1.165) is 5.56 Å². The predicted octanol–water partition coefficient (Wildman–Crippen LogP) is 4.50. The second kappa shape index (κ2) is 8.54. The smallest absolute Gasteiger partial charge is 0.406 e. The molecule has 9 heteroatoms. The van der Waals surface area contributed by atoms with Gasteiger partial charge in [0.05, 0.1) is 17.9 Å². The van der Waals surface area contributed by atoms with E-state index in [1.54, 1.807) is 29.0 Å². The lowest BCUT2D eigenvalue weighted by Gasteiger charge is -2.11. The molecule has 2 aromatic carbocycles. The number of nitrogens with zero attached hydrogens (tertiary/aromatic N) is 3. The van der Waals surface area contributed by atoms with E-state index in [4.69, 9.17) is 5.73 Å². The fraction of sp³-hybridized carbons (Fsp3) is 0.0870. The highest BCUT2D eigenvalue weighted by molar-refractivity contribution is 5.69. The first kappa shape index (κ1) is 21.1. The summed E-state index contributed by atoms with van der Waals surface area (Å²) in [4.78, 5) is 20.9. The van der Waals surface area contributed by atoms with Gasteiger partial charge >= 0.3 is 6.36 Å². The number of pyridine rings is 1. The Labute approximate surface area is 180 Å². The first-order valence-corrected chi connectivity index (χ1v) is 9.52. The standard InChI is InChI=1S/C23H17F3N4O2/c24-23(25,26)32-18-8-4-7-16(11-18)19-13-20(29-22(27)28-19)17-9-10-30(21(31)12-17)14-15-5-2-1-3-6-15/h1-13H,14H2,(H2,27,28,29). The van der Waals surface area contributed by atoms with Gasteiger partial charge in [0.1, 0.15) is 5.75 Å². The second-order valence-corrected chi connectivity index (χ2v) is 6.94. The maximum atomic E-state index is 12.6. The number of benzene rings is 2. The summed E-state index contributed by atoms with van der Waals surface area (Å²) in [5.74, 6) is -0.453. The molecule has 0 atom stereocenters. The molecule has 0 radical (unpaired) electrons. The Hall–Kier alpha value is -4.14. The molecule has 0 aliphatic carbocycles. The lowest BCUT2D eigenvalue weighted by Crippen LogP contribution is -2.19. The van der Waals surface area contributed by atoms with Crippen molar-refractivity contribution in [3.63, 3.8) is 0 Å². The average Bonchev–Trinajstić information content (AvgIpc) is 2.74. The predicted molar refractivity (Wildman–Crippen MR) is 114 cm³/mol. The van der Waals surface area contributed by atoms with Crippen molar-refractivity contribution in [2.45, 2.75) is 12.9 Å². The molecule has 2 N–H and O–H groups in total. The van der Waals surface area contributed by atoms with Crippen LogP contribution in [0.25, 0.3) is 22.5 Å². The highest BCUT2D eigenvalue weighted by Gasteiger charge is 2.31. The summed E-state index contributed by atoms with van der Waals surface area (Å²) in [6.07, 6.45) is -3.15. The van der Waals surface area contributed by atoms with Gasteiger partial charge in [-0.3, -0.25) is 4.79 Å². The molecule has 0 fully saturated rings. The van der Waals surface area contributed by atoms with Gasteiger partial charge in [0, 0.05) is 23.4 Å². The average molecular weight is 438 g/mol. The van der Waals surface area contributed by atoms with Gasteiger partial charge < -0.3 is 15.0 Å². The minimum atomic E-state index is -4.81. The molecule has 0 saturated heterocycles. The zero-order valence-corrected chi connectivity index (χ0v) is 16.6. The van der Waals surface area contributed by atoms with Crippen LogP contribution in [0.15, 0.2) is 83.8 Å². The van der Waals surface area contributed by atoms with Crippen molar-refractivity contribution in [2.75, 3.05) is 5.73 Å². The molecular weight excluding hydrogens is 421 g/mol. The maximum absolute atomic E-state index is 12.6. The SMILES string of the molecule is Nc1nc(-c2cccc(OC(F)(F)F)c2)cc(-c2ccn(Cc3ccccc3)c(=O)c2)n1. The second-order valence-electron chi connectivity index (χ2n) is 6.94. The summed E-state index contributed by atoms with van der Waals surface area (Å²) in [5, 5.41) is 0. The van der Waals surface area contributed by atoms with Gasteiger partial charge in [-0.15, -0.1) is 13.2 Å². The Bertz CT molecular complexity index is 1300. The quantitative estimate of drug-likeness (QED) is 0.496. The van der Waals surface area contributed by atoms with Crippen LogP contribution in [0.1, 0.15) is 5.56 Å². The van der Waals surface area contributed by atoms with Crippen LogP contribution in [0, 0.1) is 0 Å². The van der Waals surface area contributed by atoms with E-state index in [-0.39, 0.29) is 17.3 Å². The minimum Gasteiger partial charge on any atom is -0.406 e. The van der Waals surface area contributed by atoms with Gasteiger partial charge in [-0.05, 0) is 29.8 Å². The van der Waals surface area contributed by atoms with Gasteiger partial charge in [0.2, 0.25) is 5.95 Å². The summed E-state index contributed by atoms with van der Waals surface area (Å²) in [7, 11) is 0. The molecule has 32 heavy (non-hydrogen) atoms. The zero-order valence-electron chi connectivity index (χ0n) is 16.6. The largest absolute Gasteiger partial charge is 0.573 e. The molecule has 0 unspecified atom stereocenters. The van der Waals surface area contributed by atoms with Crippen molar-refractivity contribution in [1.82, 2.24) is 14.5 Å². The Balaban J connectivity index is 1.65.